The molecule has 0 saturated carbocycles. The van der Waals surface area contributed by atoms with Gasteiger partial charge in [-0.3, -0.25) is 24.3 Å². The zero-order valence-electron chi connectivity index (χ0n) is 25.3. The van der Waals surface area contributed by atoms with Crippen molar-refractivity contribution in [1.82, 2.24) is 14.7 Å². The fraction of sp³-hybridized carbons (Fsp3) is 0.382. The predicted octanol–water partition coefficient (Wildman–Crippen LogP) is 3.52. The Morgan fingerprint density at radius 2 is 1.69 bits per heavy atom. The quantitative estimate of drug-likeness (QED) is 0.425. The number of aryl methyl sites for hydroxylation is 1. The van der Waals surface area contributed by atoms with Crippen molar-refractivity contribution in [1.29, 1.82) is 5.26 Å². The molecule has 0 radical (unpaired) electrons. The van der Waals surface area contributed by atoms with E-state index in [-0.39, 0.29) is 36.9 Å². The largest absolute Gasteiger partial charge is 0.507 e. The zero-order valence-corrected chi connectivity index (χ0v) is 25.3. The number of fused-ring (bicyclic) bond motifs is 10. The third-order valence-corrected chi connectivity index (χ3v) is 10.5. The van der Waals surface area contributed by atoms with Gasteiger partial charge >= 0.3 is 0 Å². The fourth-order valence-electron chi connectivity index (χ4n) is 8.60. The number of nitriles is 1. The van der Waals surface area contributed by atoms with E-state index in [1.54, 1.807) is 31.2 Å². The number of rotatable bonds is 3. The highest BCUT2D eigenvalue weighted by molar-refractivity contribution is 6.21. The Balaban J connectivity index is 1.35. The Morgan fingerprint density at radius 1 is 1.00 bits per heavy atom. The van der Waals surface area contributed by atoms with Gasteiger partial charge in [-0.2, -0.15) is 5.26 Å². The van der Waals surface area contributed by atoms with Crippen LogP contribution >= 0.6 is 0 Å². The van der Waals surface area contributed by atoms with Crippen LogP contribution in [0.15, 0.2) is 30.3 Å². The molecule has 2 amide bonds. The number of amides is 2. The summed E-state index contributed by atoms with van der Waals surface area (Å²) in [5.74, 6) is 0.583. The first-order valence-corrected chi connectivity index (χ1v) is 15.0. The Morgan fingerprint density at radius 3 is 2.36 bits per heavy atom. The van der Waals surface area contributed by atoms with Gasteiger partial charge in [0.2, 0.25) is 6.79 Å². The van der Waals surface area contributed by atoms with E-state index in [0.717, 1.165) is 16.7 Å². The van der Waals surface area contributed by atoms with Crippen molar-refractivity contribution in [3.8, 4) is 34.8 Å². The second-order valence-electron chi connectivity index (χ2n) is 12.5. The van der Waals surface area contributed by atoms with Crippen LogP contribution in [0.4, 0.5) is 0 Å². The lowest BCUT2D eigenvalue weighted by molar-refractivity contribution is -0.0758. The molecule has 1 saturated heterocycles. The maximum atomic E-state index is 13.7. The van der Waals surface area contributed by atoms with Crippen LogP contribution in [-0.2, 0) is 12.8 Å². The highest BCUT2D eigenvalue weighted by atomic mass is 16.7. The zero-order chi connectivity index (χ0) is 31.5. The molecular formula is C34H32N4O7. The van der Waals surface area contributed by atoms with Crippen molar-refractivity contribution in [2.24, 2.45) is 0 Å². The summed E-state index contributed by atoms with van der Waals surface area (Å²) >= 11 is 0. The number of phenolic OH excluding ortho intramolecular Hbond substituents is 2. The molecule has 11 heteroatoms. The van der Waals surface area contributed by atoms with Crippen LogP contribution < -0.4 is 14.2 Å². The summed E-state index contributed by atoms with van der Waals surface area (Å²) in [5, 5.41) is 34.1. The maximum absolute atomic E-state index is 13.7. The molecule has 5 aliphatic rings. The van der Waals surface area contributed by atoms with E-state index in [2.05, 4.69) is 15.9 Å². The van der Waals surface area contributed by atoms with Crippen molar-refractivity contribution < 1.29 is 34.0 Å². The van der Waals surface area contributed by atoms with Gasteiger partial charge in [0.05, 0.1) is 36.4 Å². The summed E-state index contributed by atoms with van der Waals surface area (Å²) in [6, 6.07) is 8.91. The van der Waals surface area contributed by atoms with Gasteiger partial charge in [-0.25, -0.2) is 0 Å². The number of carbonyl (C=O) groups is 2. The SMILES string of the molecule is COc1c(C)cc2c(c1O)[C@H]1C3Cc4c(O)c(C)c5c(c4[C@H](CN4C(=O)c6ccccc6C4=O)N3C(C#N)[C@@H](C2)N1C)OCO5. The first kappa shape index (κ1) is 27.7. The topological polar surface area (TPSA) is 136 Å². The minimum absolute atomic E-state index is 0.0364. The number of benzene rings is 3. The molecular weight excluding hydrogens is 576 g/mol. The van der Waals surface area contributed by atoms with Gasteiger partial charge < -0.3 is 24.4 Å². The molecule has 5 aliphatic heterocycles. The van der Waals surface area contributed by atoms with Crippen molar-refractivity contribution in [2.75, 3.05) is 27.5 Å². The Labute approximate surface area is 259 Å². The van der Waals surface area contributed by atoms with Crippen molar-refractivity contribution >= 4 is 11.8 Å². The molecule has 0 aromatic heterocycles. The number of hydrogen-bond donors (Lipinski definition) is 2. The number of likely N-dealkylation sites (N-methyl/N-ethyl adjacent to an activating group) is 1. The normalized spacial score (nSPS) is 26.2. The van der Waals surface area contributed by atoms with Crippen LogP contribution in [0.1, 0.15) is 66.2 Å². The monoisotopic (exact) mass is 608 g/mol. The van der Waals surface area contributed by atoms with E-state index in [1.165, 1.54) is 12.0 Å². The lowest BCUT2D eigenvalue weighted by atomic mass is 9.71. The molecule has 0 aliphatic carbocycles. The molecule has 3 aromatic carbocycles. The van der Waals surface area contributed by atoms with Crippen LogP contribution in [0.2, 0.25) is 0 Å². The highest BCUT2D eigenvalue weighted by Crippen LogP contribution is 2.58. The molecule has 2 bridgehead atoms. The van der Waals surface area contributed by atoms with Crippen molar-refractivity contribution in [2.45, 2.75) is 56.9 Å². The summed E-state index contributed by atoms with van der Waals surface area (Å²) in [5.41, 5.74) is 4.92. The first-order chi connectivity index (χ1) is 21.7. The third kappa shape index (κ3) is 3.52. The highest BCUT2D eigenvalue weighted by Gasteiger charge is 2.57. The lowest BCUT2D eigenvalue weighted by Crippen LogP contribution is -2.68. The molecule has 5 heterocycles. The number of methoxy groups -OCH3 is 1. The van der Waals surface area contributed by atoms with E-state index in [9.17, 15) is 25.1 Å². The van der Waals surface area contributed by atoms with E-state index < -0.39 is 29.9 Å². The summed E-state index contributed by atoms with van der Waals surface area (Å²) in [4.78, 5) is 32.8. The Hall–Kier alpha value is -4.79. The van der Waals surface area contributed by atoms with E-state index >= 15 is 0 Å². The number of carbonyl (C=O) groups excluding carboxylic acids is 2. The van der Waals surface area contributed by atoms with Gasteiger partial charge in [-0.05, 0) is 57.0 Å². The van der Waals surface area contributed by atoms with Crippen molar-refractivity contribution in [3.05, 3.63) is 74.8 Å². The molecule has 45 heavy (non-hydrogen) atoms. The number of nitrogens with zero attached hydrogens (tertiary/aromatic N) is 4. The van der Waals surface area contributed by atoms with Gasteiger partial charge in [0.1, 0.15) is 11.8 Å². The molecule has 230 valence electrons. The second kappa shape index (κ2) is 9.60. The van der Waals surface area contributed by atoms with Crippen LogP contribution in [0.5, 0.6) is 28.7 Å². The van der Waals surface area contributed by atoms with Crippen LogP contribution in [0.25, 0.3) is 0 Å². The molecule has 8 rings (SSSR count). The summed E-state index contributed by atoms with van der Waals surface area (Å²) in [6.45, 7) is 3.56. The summed E-state index contributed by atoms with van der Waals surface area (Å²) in [7, 11) is 3.49. The summed E-state index contributed by atoms with van der Waals surface area (Å²) < 4.78 is 17.4. The number of hydrogen-bond acceptors (Lipinski definition) is 10. The Bertz CT molecular complexity index is 1850. The van der Waals surface area contributed by atoms with E-state index in [0.29, 0.717) is 57.9 Å². The van der Waals surface area contributed by atoms with Crippen molar-refractivity contribution in [3.63, 3.8) is 0 Å². The lowest BCUT2D eigenvalue weighted by Gasteiger charge is -2.60. The number of aromatic hydroxyl groups is 2. The summed E-state index contributed by atoms with van der Waals surface area (Å²) in [6.07, 6.45) is 0.831. The molecule has 11 nitrogen and oxygen atoms in total. The van der Waals surface area contributed by atoms with Crippen LogP contribution in [0, 0.1) is 25.2 Å². The molecule has 1 fully saturated rings. The second-order valence-corrected chi connectivity index (χ2v) is 12.5. The molecule has 3 aromatic rings. The number of imide groups is 1. The standard InChI is InChI=1S/C34H32N4O7/c1-15-9-17-10-21-23(12-35)38-22(27(36(21)3)25(17)29(40)30(15)43-4)11-20-26(32-31(44-14-45-32)16(2)28(20)39)24(38)13-37-33(41)18-7-5-6-8-19(18)34(37)42/h5-9,21-24,27,39-40H,10-11,13-14H2,1-4H3/t21-,22?,23?,24+,27-/m1/s1. The molecule has 2 N–H and O–H groups in total. The smallest absolute Gasteiger partial charge is 0.261 e. The van der Waals surface area contributed by atoms with Crippen LogP contribution in [0.3, 0.4) is 0 Å². The van der Waals surface area contributed by atoms with Gasteiger partial charge in [0.15, 0.2) is 23.0 Å². The van der Waals surface area contributed by atoms with Gasteiger partial charge in [0, 0.05) is 40.9 Å². The number of phenols is 2. The minimum Gasteiger partial charge on any atom is -0.507 e. The van der Waals surface area contributed by atoms with Gasteiger partial charge in [0.25, 0.3) is 11.8 Å². The molecule has 2 unspecified atom stereocenters. The fourth-order valence-corrected chi connectivity index (χ4v) is 8.60. The van der Waals surface area contributed by atoms with E-state index in [1.807, 2.05) is 20.0 Å². The minimum atomic E-state index is -0.706. The number of ether oxygens (including phenoxy) is 3. The first-order valence-electron chi connectivity index (χ1n) is 15.0. The number of piperazine rings is 1. The van der Waals surface area contributed by atoms with E-state index in [4.69, 9.17) is 14.2 Å². The molecule has 0 spiro atoms. The predicted molar refractivity (Wildman–Crippen MR) is 160 cm³/mol. The average Bonchev–Trinajstić information content (AvgIpc) is 3.60. The van der Waals surface area contributed by atoms with Crippen LogP contribution in [-0.4, -0.2) is 82.3 Å². The maximum Gasteiger partial charge on any atom is 0.261 e. The Kier molecular flexibility index (Phi) is 5.92. The third-order valence-electron chi connectivity index (χ3n) is 10.5. The van der Waals surface area contributed by atoms with Gasteiger partial charge in [-0.15, -0.1) is 0 Å². The molecule has 5 atom stereocenters. The average molecular weight is 609 g/mol. The van der Waals surface area contributed by atoms with Gasteiger partial charge in [-0.1, -0.05) is 18.2 Å².